The summed E-state index contributed by atoms with van der Waals surface area (Å²) in [5.41, 5.74) is 3.56. The van der Waals surface area contributed by atoms with Crippen molar-refractivity contribution in [3.05, 3.63) is 65.3 Å². The minimum absolute atomic E-state index is 0.756. The van der Waals surface area contributed by atoms with Gasteiger partial charge in [-0.05, 0) is 30.7 Å². The molecule has 0 bridgehead atoms. The zero-order valence-corrected chi connectivity index (χ0v) is 16.3. The summed E-state index contributed by atoms with van der Waals surface area (Å²) < 4.78 is 4.32. The Hall–Kier alpha value is -2.24. The van der Waals surface area contributed by atoms with Crippen LogP contribution in [0, 0.1) is 0 Å². The van der Waals surface area contributed by atoms with Gasteiger partial charge in [0.2, 0.25) is 0 Å². The fourth-order valence-electron chi connectivity index (χ4n) is 3.09. The van der Waals surface area contributed by atoms with Crippen molar-refractivity contribution in [2.45, 2.75) is 24.4 Å². The maximum absolute atomic E-state index is 5.95. The molecular weight excluding hydrogens is 364 g/mol. The van der Waals surface area contributed by atoms with Crippen LogP contribution >= 0.6 is 23.4 Å². The summed E-state index contributed by atoms with van der Waals surface area (Å²) in [6.45, 7) is 3.08. The number of halogens is 1. The van der Waals surface area contributed by atoms with Crippen molar-refractivity contribution in [1.82, 2.24) is 19.3 Å². The minimum atomic E-state index is 0.756. The molecule has 4 nitrogen and oxygen atoms in total. The highest BCUT2D eigenvalue weighted by molar-refractivity contribution is 7.98. The molecule has 132 valence electrons. The van der Waals surface area contributed by atoms with E-state index in [4.69, 9.17) is 11.6 Å². The Balaban J connectivity index is 1.64. The van der Waals surface area contributed by atoms with E-state index in [9.17, 15) is 0 Å². The number of thioether (sulfide) groups is 1. The van der Waals surface area contributed by atoms with Gasteiger partial charge in [0, 0.05) is 47.0 Å². The van der Waals surface area contributed by atoms with Crippen molar-refractivity contribution in [1.29, 1.82) is 0 Å². The first-order chi connectivity index (χ1) is 12.7. The third-order valence-electron chi connectivity index (χ3n) is 4.49. The van der Waals surface area contributed by atoms with Gasteiger partial charge < -0.3 is 9.13 Å². The first kappa shape index (κ1) is 17.2. The monoisotopic (exact) mass is 382 g/mol. The Morgan fingerprint density at radius 1 is 1.04 bits per heavy atom. The molecule has 0 aliphatic carbocycles. The van der Waals surface area contributed by atoms with Crippen LogP contribution in [0.5, 0.6) is 0 Å². The average molecular weight is 383 g/mol. The Kier molecular flexibility index (Phi) is 4.74. The first-order valence-electron chi connectivity index (χ1n) is 8.52. The number of nitrogens with zero attached hydrogens (tertiary/aromatic N) is 4. The average Bonchev–Trinajstić information content (AvgIpc) is 3.21. The molecule has 0 amide bonds. The van der Waals surface area contributed by atoms with Gasteiger partial charge in [0.1, 0.15) is 0 Å². The maximum atomic E-state index is 5.95. The van der Waals surface area contributed by atoms with Crippen molar-refractivity contribution in [2.24, 2.45) is 7.05 Å². The van der Waals surface area contributed by atoms with E-state index in [1.807, 2.05) is 31.3 Å². The molecule has 0 spiro atoms. The van der Waals surface area contributed by atoms with Crippen LogP contribution in [0.2, 0.25) is 5.02 Å². The number of para-hydroxylation sites is 1. The predicted molar refractivity (Wildman–Crippen MR) is 109 cm³/mol. The smallest absolute Gasteiger partial charge is 0.191 e. The zero-order valence-electron chi connectivity index (χ0n) is 14.7. The molecule has 26 heavy (non-hydrogen) atoms. The Morgan fingerprint density at radius 3 is 2.58 bits per heavy atom. The van der Waals surface area contributed by atoms with Crippen LogP contribution in [-0.4, -0.2) is 19.3 Å². The number of aryl methyl sites for hydroxylation is 1. The van der Waals surface area contributed by atoms with Crippen LogP contribution in [0.15, 0.2) is 59.9 Å². The highest BCUT2D eigenvalue weighted by atomic mass is 35.5. The fourth-order valence-corrected chi connectivity index (χ4v) is 4.08. The van der Waals surface area contributed by atoms with Crippen molar-refractivity contribution in [3.63, 3.8) is 0 Å². The van der Waals surface area contributed by atoms with E-state index < -0.39 is 0 Å². The van der Waals surface area contributed by atoms with Crippen LogP contribution in [0.3, 0.4) is 0 Å². The summed E-state index contributed by atoms with van der Waals surface area (Å²) in [5.74, 6) is 1.73. The zero-order chi connectivity index (χ0) is 18.1. The molecule has 2 heterocycles. The van der Waals surface area contributed by atoms with Gasteiger partial charge >= 0.3 is 0 Å². The molecule has 6 heteroatoms. The van der Waals surface area contributed by atoms with E-state index in [-0.39, 0.29) is 0 Å². The van der Waals surface area contributed by atoms with Gasteiger partial charge in [-0.1, -0.05) is 53.7 Å². The topological polar surface area (TPSA) is 35.6 Å². The number of benzene rings is 2. The van der Waals surface area contributed by atoms with E-state index in [1.165, 1.54) is 16.5 Å². The second-order valence-corrected chi connectivity index (χ2v) is 7.51. The number of fused-ring (bicyclic) bond motifs is 1. The lowest BCUT2D eigenvalue weighted by atomic mass is 10.1. The molecule has 2 aromatic heterocycles. The van der Waals surface area contributed by atoms with Gasteiger partial charge in [-0.15, -0.1) is 10.2 Å². The first-order valence-corrected chi connectivity index (χ1v) is 9.88. The second kappa shape index (κ2) is 7.17. The number of rotatable bonds is 5. The summed E-state index contributed by atoms with van der Waals surface area (Å²) in [7, 11) is 2.03. The van der Waals surface area contributed by atoms with Crippen molar-refractivity contribution < 1.29 is 0 Å². The number of hydrogen-bond acceptors (Lipinski definition) is 3. The largest absolute Gasteiger partial charge is 0.347 e. The SMILES string of the molecule is CCn1cc(-c2nnc(SCc3ccc(Cl)cc3)n2C)c2ccccc21. The van der Waals surface area contributed by atoms with E-state index in [0.29, 0.717) is 0 Å². The summed E-state index contributed by atoms with van der Waals surface area (Å²) in [6.07, 6.45) is 2.17. The summed E-state index contributed by atoms with van der Waals surface area (Å²) in [5, 5.41) is 11.7. The minimum Gasteiger partial charge on any atom is -0.347 e. The summed E-state index contributed by atoms with van der Waals surface area (Å²) in [6, 6.07) is 16.4. The molecule has 0 atom stereocenters. The van der Waals surface area contributed by atoms with Gasteiger partial charge in [-0.2, -0.15) is 0 Å². The van der Waals surface area contributed by atoms with Crippen molar-refractivity contribution >= 4 is 34.3 Å². The summed E-state index contributed by atoms with van der Waals surface area (Å²) >= 11 is 7.63. The van der Waals surface area contributed by atoms with Crippen LogP contribution < -0.4 is 0 Å². The third-order valence-corrected chi connectivity index (χ3v) is 5.83. The lowest BCUT2D eigenvalue weighted by molar-refractivity contribution is 0.787. The van der Waals surface area contributed by atoms with Gasteiger partial charge in [0.25, 0.3) is 0 Å². The molecule has 4 aromatic rings. The molecule has 0 saturated carbocycles. The van der Waals surface area contributed by atoms with Gasteiger partial charge in [-0.25, -0.2) is 0 Å². The van der Waals surface area contributed by atoms with Gasteiger partial charge in [0.15, 0.2) is 11.0 Å². The molecule has 0 radical (unpaired) electrons. The number of aromatic nitrogens is 4. The highest BCUT2D eigenvalue weighted by Gasteiger charge is 2.16. The molecule has 0 saturated heterocycles. The standard InChI is InChI=1S/C20H19ClN4S/c1-3-25-12-17(16-6-4-5-7-18(16)25)19-22-23-20(24(19)2)26-13-14-8-10-15(21)11-9-14/h4-12H,3,13H2,1-2H3. The number of hydrogen-bond donors (Lipinski definition) is 0. The maximum Gasteiger partial charge on any atom is 0.191 e. The lowest BCUT2D eigenvalue weighted by Gasteiger charge is -2.04. The summed E-state index contributed by atoms with van der Waals surface area (Å²) in [4.78, 5) is 0. The Labute approximate surface area is 161 Å². The van der Waals surface area contributed by atoms with Crippen LogP contribution in [0.1, 0.15) is 12.5 Å². The van der Waals surface area contributed by atoms with Gasteiger partial charge in [0.05, 0.1) is 0 Å². The van der Waals surface area contributed by atoms with Crippen LogP contribution in [0.4, 0.5) is 0 Å². The van der Waals surface area contributed by atoms with Crippen LogP contribution in [0.25, 0.3) is 22.3 Å². The molecule has 2 aromatic carbocycles. The molecule has 0 unspecified atom stereocenters. The van der Waals surface area contributed by atoms with E-state index in [2.05, 4.69) is 56.7 Å². The molecule has 0 fully saturated rings. The van der Waals surface area contributed by atoms with Crippen molar-refractivity contribution in [2.75, 3.05) is 0 Å². The van der Waals surface area contributed by atoms with E-state index in [0.717, 1.165) is 33.9 Å². The fraction of sp³-hybridized carbons (Fsp3) is 0.200. The molecule has 4 rings (SSSR count). The molecule has 0 aliphatic rings. The third kappa shape index (κ3) is 3.13. The van der Waals surface area contributed by atoms with E-state index >= 15 is 0 Å². The Bertz CT molecular complexity index is 1050. The lowest BCUT2D eigenvalue weighted by Crippen LogP contribution is -1.95. The van der Waals surface area contributed by atoms with Crippen molar-refractivity contribution in [3.8, 4) is 11.4 Å². The van der Waals surface area contributed by atoms with E-state index in [1.54, 1.807) is 11.8 Å². The molecular formula is C20H19ClN4S. The Morgan fingerprint density at radius 2 is 1.81 bits per heavy atom. The highest BCUT2D eigenvalue weighted by Crippen LogP contribution is 2.31. The van der Waals surface area contributed by atoms with Crippen LogP contribution in [-0.2, 0) is 19.3 Å². The normalized spacial score (nSPS) is 11.3. The predicted octanol–water partition coefficient (Wildman–Crippen LogP) is 5.40. The quantitative estimate of drug-likeness (QED) is 0.433. The molecule has 0 aliphatic heterocycles. The second-order valence-electron chi connectivity index (χ2n) is 6.13. The molecule has 0 N–H and O–H groups in total. The van der Waals surface area contributed by atoms with Gasteiger partial charge in [-0.3, -0.25) is 0 Å².